The smallest absolute Gasteiger partial charge is 0.307 e. The van der Waals surface area contributed by atoms with E-state index in [1.54, 1.807) is 0 Å². The molecule has 2 rings (SSSR count). The van der Waals surface area contributed by atoms with Gasteiger partial charge in [0.15, 0.2) is 23.2 Å². The number of halogens is 3. The Morgan fingerprint density at radius 2 is 1.50 bits per heavy atom. The van der Waals surface area contributed by atoms with E-state index in [1.807, 2.05) is 0 Å². The molecule has 0 aromatic heterocycles. The van der Waals surface area contributed by atoms with Crippen LogP contribution in [0.2, 0.25) is 0 Å². The van der Waals surface area contributed by atoms with E-state index in [9.17, 15) is 22.8 Å². The Morgan fingerprint density at radius 3 is 2.00 bits per heavy atom. The van der Waals surface area contributed by atoms with Crippen molar-refractivity contribution >= 4 is 11.8 Å². The minimum atomic E-state index is -1.64. The van der Waals surface area contributed by atoms with Gasteiger partial charge in [0, 0.05) is 11.5 Å². The highest BCUT2D eigenvalue weighted by Gasteiger charge is 2.36. The largest absolute Gasteiger partial charge is 0.481 e. The first-order valence-electron chi connectivity index (χ1n) is 6.33. The number of benzene rings is 1. The van der Waals surface area contributed by atoms with Crippen LogP contribution in [0, 0.1) is 29.3 Å². The summed E-state index contributed by atoms with van der Waals surface area (Å²) in [5, 5.41) is 9.10. The minimum Gasteiger partial charge on any atom is -0.481 e. The zero-order valence-electron chi connectivity index (χ0n) is 10.5. The van der Waals surface area contributed by atoms with Gasteiger partial charge in [-0.25, -0.2) is 13.2 Å². The molecule has 2 atom stereocenters. The van der Waals surface area contributed by atoms with Crippen molar-refractivity contribution in [3.63, 3.8) is 0 Å². The molecule has 0 amide bonds. The van der Waals surface area contributed by atoms with Gasteiger partial charge in [-0.15, -0.1) is 0 Å². The Balaban J connectivity index is 2.32. The van der Waals surface area contributed by atoms with Crippen LogP contribution in [0.15, 0.2) is 12.1 Å². The van der Waals surface area contributed by atoms with Crippen LogP contribution in [0.1, 0.15) is 36.0 Å². The molecule has 0 spiro atoms. The maximum absolute atomic E-state index is 13.1. The van der Waals surface area contributed by atoms with E-state index < -0.39 is 41.0 Å². The lowest BCUT2D eigenvalue weighted by molar-refractivity contribution is -0.144. The molecule has 6 heteroatoms. The summed E-state index contributed by atoms with van der Waals surface area (Å²) in [5.74, 6) is -7.94. The first kappa shape index (κ1) is 14.6. The van der Waals surface area contributed by atoms with Crippen LogP contribution in [0.5, 0.6) is 0 Å². The van der Waals surface area contributed by atoms with Gasteiger partial charge < -0.3 is 5.11 Å². The van der Waals surface area contributed by atoms with Gasteiger partial charge in [-0.3, -0.25) is 9.59 Å². The monoisotopic (exact) mass is 286 g/mol. The molecular formula is C14H13F3O3. The lowest BCUT2D eigenvalue weighted by atomic mass is 9.75. The average Bonchev–Trinajstić information content (AvgIpc) is 2.43. The summed E-state index contributed by atoms with van der Waals surface area (Å²) in [4.78, 5) is 23.3. The molecule has 0 bridgehead atoms. The summed E-state index contributed by atoms with van der Waals surface area (Å²) in [6.45, 7) is 0. The third-order valence-electron chi connectivity index (χ3n) is 3.69. The molecule has 1 aromatic rings. The van der Waals surface area contributed by atoms with E-state index in [0.29, 0.717) is 37.8 Å². The molecule has 108 valence electrons. The van der Waals surface area contributed by atoms with Gasteiger partial charge in [0.05, 0.1) is 5.92 Å². The quantitative estimate of drug-likeness (QED) is 0.686. The van der Waals surface area contributed by atoms with Crippen LogP contribution in [-0.2, 0) is 4.79 Å². The second-order valence-electron chi connectivity index (χ2n) is 4.95. The van der Waals surface area contributed by atoms with E-state index in [0.717, 1.165) is 0 Å². The van der Waals surface area contributed by atoms with Crippen molar-refractivity contribution < 1.29 is 27.9 Å². The van der Waals surface area contributed by atoms with Gasteiger partial charge in [-0.2, -0.15) is 0 Å². The van der Waals surface area contributed by atoms with Crippen LogP contribution in [0.4, 0.5) is 13.2 Å². The zero-order chi connectivity index (χ0) is 14.9. The van der Waals surface area contributed by atoms with Crippen molar-refractivity contribution in [2.45, 2.75) is 25.7 Å². The van der Waals surface area contributed by atoms with Crippen LogP contribution in [0.25, 0.3) is 0 Å². The van der Waals surface area contributed by atoms with Crippen molar-refractivity contribution in [1.29, 1.82) is 0 Å². The molecule has 1 fully saturated rings. The number of hydrogen-bond acceptors (Lipinski definition) is 2. The summed E-state index contributed by atoms with van der Waals surface area (Å²) < 4.78 is 39.1. The lowest BCUT2D eigenvalue weighted by Gasteiger charge is -2.27. The SMILES string of the molecule is O=C(O)C1CCCCC1C(=O)c1cc(F)c(F)c(F)c1. The molecule has 1 aliphatic rings. The van der Waals surface area contributed by atoms with Gasteiger partial charge in [-0.1, -0.05) is 12.8 Å². The summed E-state index contributed by atoms with van der Waals surface area (Å²) >= 11 is 0. The maximum atomic E-state index is 13.1. The minimum absolute atomic E-state index is 0.320. The van der Waals surface area contributed by atoms with Crippen molar-refractivity contribution in [3.8, 4) is 0 Å². The zero-order valence-corrected chi connectivity index (χ0v) is 10.5. The maximum Gasteiger partial charge on any atom is 0.307 e. The van der Waals surface area contributed by atoms with Gasteiger partial charge in [-0.05, 0) is 25.0 Å². The summed E-state index contributed by atoms with van der Waals surface area (Å²) in [5.41, 5.74) is -0.320. The molecule has 0 aliphatic heterocycles. The van der Waals surface area contributed by atoms with Crippen LogP contribution in [-0.4, -0.2) is 16.9 Å². The average molecular weight is 286 g/mol. The van der Waals surface area contributed by atoms with E-state index in [4.69, 9.17) is 5.11 Å². The molecular weight excluding hydrogens is 273 g/mol. The van der Waals surface area contributed by atoms with Crippen molar-refractivity contribution in [3.05, 3.63) is 35.1 Å². The Kier molecular flexibility index (Phi) is 4.11. The fourth-order valence-corrected chi connectivity index (χ4v) is 2.65. The molecule has 2 unspecified atom stereocenters. The second-order valence-corrected chi connectivity index (χ2v) is 4.95. The molecule has 1 aromatic carbocycles. The van der Waals surface area contributed by atoms with Crippen molar-refractivity contribution in [2.24, 2.45) is 11.8 Å². The fourth-order valence-electron chi connectivity index (χ4n) is 2.65. The number of ketones is 1. The van der Waals surface area contributed by atoms with E-state index in [2.05, 4.69) is 0 Å². The number of hydrogen-bond donors (Lipinski definition) is 1. The number of carbonyl (C=O) groups excluding carboxylic acids is 1. The standard InChI is InChI=1S/C14H13F3O3/c15-10-5-7(6-11(16)12(10)17)13(18)8-3-1-2-4-9(8)14(19)20/h5-6,8-9H,1-4H2,(H,19,20). The van der Waals surface area contributed by atoms with Gasteiger partial charge in [0.2, 0.25) is 0 Å². The first-order valence-corrected chi connectivity index (χ1v) is 6.33. The van der Waals surface area contributed by atoms with E-state index in [1.165, 1.54) is 0 Å². The predicted octanol–water partition coefficient (Wildman–Crippen LogP) is 3.18. The van der Waals surface area contributed by atoms with Crippen LogP contribution >= 0.6 is 0 Å². The Bertz CT molecular complexity index is 534. The van der Waals surface area contributed by atoms with Gasteiger partial charge in [0.1, 0.15) is 0 Å². The summed E-state index contributed by atoms with van der Waals surface area (Å²) in [6.07, 6.45) is 2.10. The summed E-state index contributed by atoms with van der Waals surface area (Å²) in [7, 11) is 0. The number of carboxylic acid groups (broad SMARTS) is 1. The van der Waals surface area contributed by atoms with E-state index in [-0.39, 0.29) is 5.56 Å². The van der Waals surface area contributed by atoms with E-state index >= 15 is 0 Å². The number of Topliss-reactive ketones (excluding diaryl/α,β-unsaturated/α-hetero) is 1. The fraction of sp³-hybridized carbons (Fsp3) is 0.429. The molecule has 0 heterocycles. The Labute approximate surface area is 113 Å². The molecule has 3 nitrogen and oxygen atoms in total. The lowest BCUT2D eigenvalue weighted by Crippen LogP contribution is -2.32. The highest BCUT2D eigenvalue weighted by Crippen LogP contribution is 2.33. The molecule has 1 aliphatic carbocycles. The first-order chi connectivity index (χ1) is 9.41. The van der Waals surface area contributed by atoms with Gasteiger partial charge >= 0.3 is 5.97 Å². The normalized spacial score (nSPS) is 22.6. The Hall–Kier alpha value is -1.85. The topological polar surface area (TPSA) is 54.4 Å². The molecule has 20 heavy (non-hydrogen) atoms. The van der Waals surface area contributed by atoms with Crippen LogP contribution in [0.3, 0.4) is 0 Å². The third kappa shape index (κ3) is 2.69. The van der Waals surface area contributed by atoms with Crippen molar-refractivity contribution in [2.75, 3.05) is 0 Å². The number of aliphatic carboxylic acids is 1. The summed E-state index contributed by atoms with van der Waals surface area (Å²) in [6, 6.07) is 1.24. The molecule has 0 radical (unpaired) electrons. The number of carbonyl (C=O) groups is 2. The predicted molar refractivity (Wildman–Crippen MR) is 63.7 cm³/mol. The number of carboxylic acids is 1. The van der Waals surface area contributed by atoms with Crippen LogP contribution < -0.4 is 0 Å². The van der Waals surface area contributed by atoms with Gasteiger partial charge in [0.25, 0.3) is 0 Å². The number of rotatable bonds is 3. The van der Waals surface area contributed by atoms with Crippen molar-refractivity contribution in [1.82, 2.24) is 0 Å². The third-order valence-corrected chi connectivity index (χ3v) is 3.69. The second kappa shape index (κ2) is 5.64. The highest BCUT2D eigenvalue weighted by atomic mass is 19.2. The molecule has 1 saturated carbocycles. The highest BCUT2D eigenvalue weighted by molar-refractivity contribution is 6.00. The Morgan fingerprint density at radius 1 is 1.00 bits per heavy atom. The molecule has 0 saturated heterocycles. The molecule has 1 N–H and O–H groups in total.